The fourth-order valence-electron chi connectivity index (χ4n) is 2.21. The second-order valence-corrected chi connectivity index (χ2v) is 5.02. The minimum atomic E-state index is -0.760. The van der Waals surface area contributed by atoms with Crippen LogP contribution in [0.3, 0.4) is 0 Å². The first kappa shape index (κ1) is 14.7. The second-order valence-electron chi connectivity index (χ2n) is 5.02. The number of halogens is 1. The van der Waals surface area contributed by atoms with Crippen molar-refractivity contribution in [1.82, 2.24) is 0 Å². The highest BCUT2D eigenvalue weighted by molar-refractivity contribution is 6.06. The van der Waals surface area contributed by atoms with Gasteiger partial charge in [-0.25, -0.2) is 4.39 Å². The summed E-state index contributed by atoms with van der Waals surface area (Å²) in [6.07, 6.45) is -0.491. The summed E-state index contributed by atoms with van der Waals surface area (Å²) in [6, 6.07) is 14.5. The molecule has 6 heteroatoms. The van der Waals surface area contributed by atoms with Crippen LogP contribution >= 0.6 is 0 Å². The van der Waals surface area contributed by atoms with Gasteiger partial charge < -0.3 is 10.2 Å². The first-order valence-corrected chi connectivity index (χ1v) is 6.95. The molecule has 1 amide bonds. The monoisotopic (exact) mass is 309 g/mol. The number of nitrogens with one attached hydrogen (secondary N) is 1. The van der Waals surface area contributed by atoms with Gasteiger partial charge in [0.05, 0.1) is 17.3 Å². The van der Waals surface area contributed by atoms with E-state index in [1.165, 1.54) is 12.1 Å². The Bertz CT molecular complexity index is 809. The van der Waals surface area contributed by atoms with Crippen LogP contribution in [-0.2, 0) is 9.63 Å². The summed E-state index contributed by atoms with van der Waals surface area (Å²) in [7, 11) is 0. The van der Waals surface area contributed by atoms with Gasteiger partial charge in [-0.2, -0.15) is 5.26 Å². The summed E-state index contributed by atoms with van der Waals surface area (Å²) in [4.78, 5) is 17.3. The van der Waals surface area contributed by atoms with Gasteiger partial charge in [0.15, 0.2) is 0 Å². The van der Waals surface area contributed by atoms with Gasteiger partial charge >= 0.3 is 0 Å². The van der Waals surface area contributed by atoms with Crippen molar-refractivity contribution >= 4 is 17.3 Å². The van der Waals surface area contributed by atoms with Gasteiger partial charge in [0, 0.05) is 17.7 Å². The van der Waals surface area contributed by atoms with Crippen LogP contribution in [0.4, 0.5) is 10.1 Å². The van der Waals surface area contributed by atoms with Gasteiger partial charge in [0.2, 0.25) is 6.10 Å². The number of rotatable bonds is 3. The van der Waals surface area contributed by atoms with Gasteiger partial charge in [0.1, 0.15) is 5.82 Å². The van der Waals surface area contributed by atoms with Gasteiger partial charge in [-0.15, -0.1) is 0 Å². The maximum absolute atomic E-state index is 13.2. The summed E-state index contributed by atoms with van der Waals surface area (Å²) < 4.78 is 13.2. The molecule has 1 atom stereocenters. The van der Waals surface area contributed by atoms with Crippen LogP contribution in [0.2, 0.25) is 0 Å². The molecule has 5 nitrogen and oxygen atoms in total. The predicted octanol–water partition coefficient (Wildman–Crippen LogP) is 2.83. The van der Waals surface area contributed by atoms with E-state index in [2.05, 4.69) is 10.5 Å². The Morgan fingerprint density at radius 3 is 2.78 bits per heavy atom. The molecule has 0 aliphatic carbocycles. The van der Waals surface area contributed by atoms with E-state index >= 15 is 0 Å². The summed E-state index contributed by atoms with van der Waals surface area (Å²) in [5.41, 5.74) is 2.21. The quantitative estimate of drug-likeness (QED) is 0.947. The normalized spacial score (nSPS) is 16.2. The summed E-state index contributed by atoms with van der Waals surface area (Å²) in [5.74, 6) is -0.708. The maximum atomic E-state index is 13.2. The van der Waals surface area contributed by atoms with E-state index in [1.54, 1.807) is 36.4 Å². The molecule has 114 valence electrons. The number of hydrogen-bond donors (Lipinski definition) is 1. The Labute approximate surface area is 132 Å². The SMILES string of the molecule is N#Cc1ccc(NC(=O)C2CC(c3cccc(F)c3)=NO2)cc1. The Balaban J connectivity index is 1.63. The standard InChI is InChI=1S/C17H12FN3O2/c18-13-3-1-2-12(8-13)15-9-16(23-21-15)17(22)20-14-6-4-11(10-19)5-7-14/h1-8,16H,9H2,(H,20,22). The molecule has 0 spiro atoms. The molecule has 2 aromatic carbocycles. The Kier molecular flexibility index (Phi) is 4.02. The molecule has 0 saturated carbocycles. The summed E-state index contributed by atoms with van der Waals surface area (Å²) in [6.45, 7) is 0. The van der Waals surface area contributed by atoms with Crippen molar-refractivity contribution in [2.45, 2.75) is 12.5 Å². The highest BCUT2D eigenvalue weighted by atomic mass is 19.1. The van der Waals surface area contributed by atoms with E-state index in [9.17, 15) is 9.18 Å². The van der Waals surface area contributed by atoms with Gasteiger partial charge in [-0.3, -0.25) is 4.79 Å². The van der Waals surface area contributed by atoms with Crippen molar-refractivity contribution in [1.29, 1.82) is 5.26 Å². The number of benzene rings is 2. The molecule has 0 radical (unpaired) electrons. The van der Waals surface area contributed by atoms with Crippen LogP contribution < -0.4 is 5.32 Å². The zero-order chi connectivity index (χ0) is 16.2. The third-order valence-corrected chi connectivity index (χ3v) is 3.40. The molecule has 23 heavy (non-hydrogen) atoms. The van der Waals surface area contributed by atoms with Crippen LogP contribution in [0.5, 0.6) is 0 Å². The first-order chi connectivity index (χ1) is 11.2. The lowest BCUT2D eigenvalue weighted by Crippen LogP contribution is -2.28. The Morgan fingerprint density at radius 2 is 2.09 bits per heavy atom. The number of hydrogen-bond acceptors (Lipinski definition) is 4. The minimum Gasteiger partial charge on any atom is -0.382 e. The third-order valence-electron chi connectivity index (χ3n) is 3.40. The van der Waals surface area contributed by atoms with E-state index in [0.717, 1.165) is 0 Å². The molecular formula is C17H12FN3O2. The average molecular weight is 309 g/mol. The molecular weight excluding hydrogens is 297 g/mol. The zero-order valence-corrected chi connectivity index (χ0v) is 12.0. The molecule has 0 bridgehead atoms. The van der Waals surface area contributed by atoms with Crippen LogP contribution in [-0.4, -0.2) is 17.7 Å². The van der Waals surface area contributed by atoms with E-state index in [1.807, 2.05) is 6.07 Å². The van der Waals surface area contributed by atoms with Crippen molar-refractivity contribution in [2.75, 3.05) is 5.32 Å². The van der Waals surface area contributed by atoms with Crippen molar-refractivity contribution in [3.63, 3.8) is 0 Å². The van der Waals surface area contributed by atoms with E-state index in [-0.39, 0.29) is 18.1 Å². The molecule has 0 fully saturated rings. The average Bonchev–Trinajstić information content (AvgIpc) is 3.06. The number of anilines is 1. The lowest BCUT2D eigenvalue weighted by atomic mass is 10.0. The predicted molar refractivity (Wildman–Crippen MR) is 82.2 cm³/mol. The number of amides is 1. The fourth-order valence-corrected chi connectivity index (χ4v) is 2.21. The van der Waals surface area contributed by atoms with E-state index < -0.39 is 6.10 Å². The highest BCUT2D eigenvalue weighted by Crippen LogP contribution is 2.19. The highest BCUT2D eigenvalue weighted by Gasteiger charge is 2.29. The van der Waals surface area contributed by atoms with E-state index in [4.69, 9.17) is 10.1 Å². The molecule has 1 aliphatic rings. The topological polar surface area (TPSA) is 74.5 Å². The molecule has 1 aliphatic heterocycles. The largest absolute Gasteiger partial charge is 0.382 e. The number of carbonyl (C=O) groups excluding carboxylic acids is 1. The summed E-state index contributed by atoms with van der Waals surface area (Å²) in [5, 5.41) is 15.3. The van der Waals surface area contributed by atoms with Crippen molar-refractivity contribution in [2.24, 2.45) is 5.16 Å². The fraction of sp³-hybridized carbons (Fsp3) is 0.118. The van der Waals surface area contributed by atoms with Crippen molar-refractivity contribution < 1.29 is 14.0 Å². The zero-order valence-electron chi connectivity index (χ0n) is 12.0. The van der Waals surface area contributed by atoms with Crippen LogP contribution in [0.15, 0.2) is 53.7 Å². The number of nitrogens with zero attached hydrogens (tertiary/aromatic N) is 2. The second kappa shape index (κ2) is 6.28. The smallest absolute Gasteiger partial charge is 0.268 e. The Hall–Kier alpha value is -3.20. The van der Waals surface area contributed by atoms with Crippen molar-refractivity contribution in [3.05, 3.63) is 65.5 Å². The molecule has 1 N–H and O–H groups in total. The van der Waals surface area contributed by atoms with Crippen LogP contribution in [0, 0.1) is 17.1 Å². The van der Waals surface area contributed by atoms with Crippen molar-refractivity contribution in [3.8, 4) is 6.07 Å². The summed E-state index contributed by atoms with van der Waals surface area (Å²) >= 11 is 0. The number of nitriles is 1. The maximum Gasteiger partial charge on any atom is 0.268 e. The minimum absolute atomic E-state index is 0.269. The first-order valence-electron chi connectivity index (χ1n) is 6.95. The van der Waals surface area contributed by atoms with E-state index in [0.29, 0.717) is 22.5 Å². The molecule has 2 aromatic rings. The lowest BCUT2D eigenvalue weighted by Gasteiger charge is -2.09. The van der Waals surface area contributed by atoms with Gasteiger partial charge in [-0.1, -0.05) is 17.3 Å². The van der Waals surface area contributed by atoms with Gasteiger partial charge in [0.25, 0.3) is 5.91 Å². The molecule has 0 saturated heterocycles. The molecule has 3 rings (SSSR count). The number of oxime groups is 1. The third kappa shape index (κ3) is 3.35. The van der Waals surface area contributed by atoms with Crippen LogP contribution in [0.1, 0.15) is 17.5 Å². The number of carbonyl (C=O) groups is 1. The lowest BCUT2D eigenvalue weighted by molar-refractivity contribution is -0.125. The van der Waals surface area contributed by atoms with Crippen LogP contribution in [0.25, 0.3) is 0 Å². The molecule has 1 heterocycles. The molecule has 0 aromatic heterocycles. The molecule has 1 unspecified atom stereocenters. The Morgan fingerprint density at radius 1 is 1.30 bits per heavy atom. The van der Waals surface area contributed by atoms with Gasteiger partial charge in [-0.05, 0) is 36.4 Å².